The van der Waals surface area contributed by atoms with Crippen molar-refractivity contribution in [3.63, 3.8) is 0 Å². The largest absolute Gasteiger partial charge is 0.443 e. The number of ether oxygens (including phenoxy) is 1. The van der Waals surface area contributed by atoms with Gasteiger partial charge in [0.1, 0.15) is 12.3 Å². The van der Waals surface area contributed by atoms with Gasteiger partial charge in [-0.05, 0) is 0 Å². The Bertz CT molecular complexity index is 181. The summed E-state index contributed by atoms with van der Waals surface area (Å²) in [6.45, 7) is 5.42. The van der Waals surface area contributed by atoms with Crippen LogP contribution in [0.3, 0.4) is 0 Å². The predicted molar refractivity (Wildman–Crippen MR) is 57.7 cm³/mol. The van der Waals surface area contributed by atoms with Gasteiger partial charge < -0.3 is 10.5 Å². The highest BCUT2D eigenvalue weighted by Crippen LogP contribution is 2.27. The molecule has 0 aromatic carbocycles. The molecule has 3 nitrogen and oxygen atoms in total. The fourth-order valence-electron chi connectivity index (χ4n) is 0.999. The Morgan fingerprint density at radius 3 is 2.31 bits per heavy atom. The fourth-order valence-corrected chi connectivity index (χ4v) is 1.46. The van der Waals surface area contributed by atoms with Gasteiger partial charge in [-0.25, -0.2) is 9.18 Å². The van der Waals surface area contributed by atoms with Gasteiger partial charge in [-0.1, -0.05) is 43.4 Å². The molecule has 0 rings (SSSR count). The molecule has 78 valence electrons. The lowest BCUT2D eigenvalue weighted by atomic mass is 9.86. The summed E-state index contributed by atoms with van der Waals surface area (Å²) in [5.41, 5.74) is 4.42. The number of alkyl halides is 2. The van der Waals surface area contributed by atoms with Crippen molar-refractivity contribution in [1.29, 1.82) is 0 Å². The first kappa shape index (κ1) is 12.9. The molecule has 0 aliphatic heterocycles. The van der Waals surface area contributed by atoms with Crippen molar-refractivity contribution in [2.75, 3.05) is 4.43 Å². The lowest BCUT2D eigenvalue weighted by Gasteiger charge is -2.31. The number of rotatable bonds is 3. The summed E-state index contributed by atoms with van der Waals surface area (Å²) in [6.07, 6.45) is -2.87. The molecule has 1 unspecified atom stereocenters. The molecule has 0 radical (unpaired) electrons. The van der Waals surface area contributed by atoms with E-state index in [0.29, 0.717) is 0 Å². The van der Waals surface area contributed by atoms with Gasteiger partial charge in [0.15, 0.2) is 0 Å². The molecule has 0 spiro atoms. The Kier molecular flexibility index (Phi) is 4.95. The van der Waals surface area contributed by atoms with E-state index < -0.39 is 23.8 Å². The zero-order valence-electron chi connectivity index (χ0n) is 8.01. The quantitative estimate of drug-likeness (QED) is 0.642. The Hall–Kier alpha value is -0.0700. The molecule has 2 N–H and O–H groups in total. The van der Waals surface area contributed by atoms with E-state index in [0.717, 1.165) is 0 Å². The van der Waals surface area contributed by atoms with Crippen LogP contribution in [0.15, 0.2) is 0 Å². The molecule has 0 fully saturated rings. The van der Waals surface area contributed by atoms with Crippen molar-refractivity contribution in [1.82, 2.24) is 0 Å². The van der Waals surface area contributed by atoms with Crippen molar-refractivity contribution in [3.8, 4) is 0 Å². The number of primary amides is 1. The van der Waals surface area contributed by atoms with Crippen molar-refractivity contribution >= 4 is 28.7 Å². The monoisotopic (exact) mass is 303 g/mol. The first-order chi connectivity index (χ1) is 5.79. The van der Waals surface area contributed by atoms with Gasteiger partial charge in [-0.2, -0.15) is 0 Å². The van der Waals surface area contributed by atoms with E-state index in [-0.39, 0.29) is 4.43 Å². The van der Waals surface area contributed by atoms with Gasteiger partial charge in [0.25, 0.3) is 0 Å². The summed E-state index contributed by atoms with van der Waals surface area (Å²) in [5, 5.41) is 0. The zero-order chi connectivity index (χ0) is 10.6. The van der Waals surface area contributed by atoms with Crippen LogP contribution in [0.4, 0.5) is 9.18 Å². The molecule has 0 aliphatic carbocycles. The summed E-state index contributed by atoms with van der Waals surface area (Å²) in [6, 6.07) is 0. The second-order valence-corrected chi connectivity index (χ2v) is 4.77. The van der Waals surface area contributed by atoms with Gasteiger partial charge in [0.2, 0.25) is 0 Å². The molecule has 0 aromatic rings. The van der Waals surface area contributed by atoms with E-state index in [2.05, 4.69) is 0 Å². The van der Waals surface area contributed by atoms with Crippen LogP contribution < -0.4 is 5.73 Å². The number of amides is 1. The van der Waals surface area contributed by atoms with E-state index in [1.54, 1.807) is 20.8 Å². The third-order valence-corrected chi connectivity index (χ3v) is 2.41. The number of carbonyl (C=O) groups is 1. The molecular formula is C8H15FINO2. The first-order valence-corrected chi connectivity index (χ1v) is 5.47. The first-order valence-electron chi connectivity index (χ1n) is 3.95. The highest BCUT2D eigenvalue weighted by atomic mass is 127. The number of nitrogens with two attached hydrogens (primary N) is 1. The SMILES string of the molecule is CC(C)(C)C(OC(N)=O)[C@@H](F)CI. The molecule has 0 aromatic heterocycles. The zero-order valence-corrected chi connectivity index (χ0v) is 10.2. The summed E-state index contributed by atoms with van der Waals surface area (Å²) < 4.78 is 18.3. The minimum atomic E-state index is -1.17. The maximum absolute atomic E-state index is 13.3. The molecule has 0 heterocycles. The molecule has 0 saturated carbocycles. The lowest BCUT2D eigenvalue weighted by molar-refractivity contribution is -0.00838. The minimum Gasteiger partial charge on any atom is -0.443 e. The predicted octanol–water partition coefficient (Wildman–Crippen LogP) is 2.27. The van der Waals surface area contributed by atoms with Gasteiger partial charge >= 0.3 is 6.09 Å². The van der Waals surface area contributed by atoms with Crippen molar-refractivity contribution in [3.05, 3.63) is 0 Å². The van der Waals surface area contributed by atoms with Gasteiger partial charge in [-0.15, -0.1) is 0 Å². The highest BCUT2D eigenvalue weighted by Gasteiger charge is 2.34. The molecule has 2 atom stereocenters. The Morgan fingerprint density at radius 1 is 1.62 bits per heavy atom. The summed E-state index contributed by atoms with van der Waals surface area (Å²) in [5.74, 6) is 0. The Balaban J connectivity index is 4.46. The van der Waals surface area contributed by atoms with Crippen LogP contribution in [-0.2, 0) is 4.74 Å². The third-order valence-electron chi connectivity index (χ3n) is 1.57. The van der Waals surface area contributed by atoms with Crippen LogP contribution in [-0.4, -0.2) is 22.8 Å². The third kappa shape index (κ3) is 4.64. The molecule has 1 amide bonds. The number of hydrogen-bond acceptors (Lipinski definition) is 2. The lowest BCUT2D eigenvalue weighted by Crippen LogP contribution is -2.41. The molecule has 0 saturated heterocycles. The maximum Gasteiger partial charge on any atom is 0.404 e. The van der Waals surface area contributed by atoms with Crippen LogP contribution in [0.2, 0.25) is 0 Å². The molecule has 13 heavy (non-hydrogen) atoms. The number of halogens is 2. The van der Waals surface area contributed by atoms with E-state index in [9.17, 15) is 9.18 Å². The van der Waals surface area contributed by atoms with Crippen molar-refractivity contribution in [2.45, 2.75) is 33.0 Å². The second kappa shape index (κ2) is 4.97. The van der Waals surface area contributed by atoms with Gasteiger partial charge in [0.05, 0.1) is 0 Å². The van der Waals surface area contributed by atoms with E-state index in [1.807, 2.05) is 22.6 Å². The van der Waals surface area contributed by atoms with E-state index >= 15 is 0 Å². The number of carbonyl (C=O) groups excluding carboxylic acids is 1. The summed E-state index contributed by atoms with van der Waals surface area (Å²) >= 11 is 1.91. The maximum atomic E-state index is 13.3. The second-order valence-electron chi connectivity index (χ2n) is 3.89. The standard InChI is InChI=1S/C8H15FINO2/c1-8(2,3)6(5(9)4-10)13-7(11)12/h5-6H,4H2,1-3H3,(H2,11,12)/t5-,6?/m0/s1. The molecule has 0 aliphatic rings. The van der Waals surface area contributed by atoms with E-state index in [4.69, 9.17) is 10.5 Å². The van der Waals surface area contributed by atoms with Crippen LogP contribution in [0, 0.1) is 5.41 Å². The highest BCUT2D eigenvalue weighted by molar-refractivity contribution is 14.1. The molecule has 0 bridgehead atoms. The molecular weight excluding hydrogens is 288 g/mol. The molecule has 5 heteroatoms. The fraction of sp³-hybridized carbons (Fsp3) is 0.875. The average molecular weight is 303 g/mol. The topological polar surface area (TPSA) is 52.3 Å². The Labute approximate surface area is 91.3 Å². The normalized spacial score (nSPS) is 16.4. The van der Waals surface area contributed by atoms with Gasteiger partial charge in [-0.3, -0.25) is 0 Å². The summed E-state index contributed by atoms with van der Waals surface area (Å²) in [7, 11) is 0. The van der Waals surface area contributed by atoms with Gasteiger partial charge in [0, 0.05) is 9.84 Å². The summed E-state index contributed by atoms with van der Waals surface area (Å²) in [4.78, 5) is 10.5. The van der Waals surface area contributed by atoms with Crippen LogP contribution in [0.5, 0.6) is 0 Å². The number of hydrogen-bond donors (Lipinski definition) is 1. The van der Waals surface area contributed by atoms with Crippen molar-refractivity contribution in [2.24, 2.45) is 11.1 Å². The minimum absolute atomic E-state index is 0.285. The van der Waals surface area contributed by atoms with Crippen LogP contribution in [0.1, 0.15) is 20.8 Å². The van der Waals surface area contributed by atoms with Crippen LogP contribution >= 0.6 is 22.6 Å². The Morgan fingerprint density at radius 2 is 2.08 bits per heavy atom. The smallest absolute Gasteiger partial charge is 0.404 e. The van der Waals surface area contributed by atoms with Crippen molar-refractivity contribution < 1.29 is 13.9 Å². The average Bonchev–Trinajstić information content (AvgIpc) is 1.96. The van der Waals surface area contributed by atoms with Crippen LogP contribution in [0.25, 0.3) is 0 Å². The van der Waals surface area contributed by atoms with E-state index in [1.165, 1.54) is 0 Å².